The number of rotatable bonds is 7. The van der Waals surface area contributed by atoms with Gasteiger partial charge in [-0.05, 0) is 35.4 Å². The smallest absolute Gasteiger partial charge is 0.243 e. The summed E-state index contributed by atoms with van der Waals surface area (Å²) < 4.78 is 27.2. The molecule has 168 valence electrons. The van der Waals surface area contributed by atoms with Crippen molar-refractivity contribution in [2.24, 2.45) is 0 Å². The van der Waals surface area contributed by atoms with Gasteiger partial charge in [0.1, 0.15) is 0 Å². The van der Waals surface area contributed by atoms with Gasteiger partial charge >= 0.3 is 0 Å². The fourth-order valence-electron chi connectivity index (χ4n) is 4.09. The van der Waals surface area contributed by atoms with Gasteiger partial charge in [-0.2, -0.15) is 4.31 Å². The van der Waals surface area contributed by atoms with E-state index in [4.69, 9.17) is 0 Å². The minimum atomic E-state index is -3.45. The lowest BCUT2D eigenvalue weighted by Crippen LogP contribution is -2.50. The molecule has 6 nitrogen and oxygen atoms in total. The number of amides is 1. The van der Waals surface area contributed by atoms with Crippen LogP contribution in [-0.2, 0) is 21.2 Å². The number of fused-ring (bicyclic) bond motifs is 1. The van der Waals surface area contributed by atoms with Gasteiger partial charge in [0, 0.05) is 39.3 Å². The normalized spacial score (nSPS) is 15.7. The van der Waals surface area contributed by atoms with E-state index in [1.165, 1.54) is 0 Å². The van der Waals surface area contributed by atoms with Crippen LogP contribution in [0.1, 0.15) is 11.1 Å². The van der Waals surface area contributed by atoms with Crippen molar-refractivity contribution < 1.29 is 13.2 Å². The topological polar surface area (TPSA) is 69.7 Å². The third kappa shape index (κ3) is 5.18. The van der Waals surface area contributed by atoms with E-state index in [2.05, 4.69) is 22.3 Å². The second kappa shape index (κ2) is 9.81. The molecule has 0 spiro atoms. The van der Waals surface area contributed by atoms with E-state index in [1.807, 2.05) is 49.4 Å². The fourth-order valence-corrected chi connectivity index (χ4v) is 5.51. The Balaban J connectivity index is 1.24. The van der Waals surface area contributed by atoms with Crippen LogP contribution in [0, 0.1) is 6.92 Å². The molecule has 0 aliphatic carbocycles. The van der Waals surface area contributed by atoms with Gasteiger partial charge in [-0.15, -0.1) is 0 Å². The van der Waals surface area contributed by atoms with Crippen molar-refractivity contribution in [3.8, 4) is 0 Å². The molecule has 1 heterocycles. The third-order valence-electron chi connectivity index (χ3n) is 5.97. The van der Waals surface area contributed by atoms with E-state index in [0.717, 1.165) is 21.9 Å². The highest BCUT2D eigenvalue weighted by molar-refractivity contribution is 7.89. The Kier molecular flexibility index (Phi) is 6.89. The van der Waals surface area contributed by atoms with Crippen molar-refractivity contribution in [2.75, 3.05) is 39.3 Å². The van der Waals surface area contributed by atoms with Crippen molar-refractivity contribution in [3.05, 3.63) is 77.9 Å². The highest BCUT2D eigenvalue weighted by Gasteiger charge is 2.28. The Bertz CT molecular complexity index is 1180. The monoisotopic (exact) mass is 451 g/mol. The van der Waals surface area contributed by atoms with Crippen LogP contribution >= 0.6 is 0 Å². The molecule has 0 radical (unpaired) electrons. The predicted molar refractivity (Wildman–Crippen MR) is 127 cm³/mol. The van der Waals surface area contributed by atoms with Crippen molar-refractivity contribution in [1.29, 1.82) is 0 Å². The van der Waals surface area contributed by atoms with E-state index in [1.54, 1.807) is 16.4 Å². The first-order valence-corrected chi connectivity index (χ1v) is 12.4. The van der Waals surface area contributed by atoms with Crippen molar-refractivity contribution in [2.45, 2.75) is 18.2 Å². The number of sulfonamides is 1. The number of carbonyl (C=O) groups is 1. The zero-order chi connectivity index (χ0) is 22.6. The van der Waals surface area contributed by atoms with E-state index in [0.29, 0.717) is 50.6 Å². The highest BCUT2D eigenvalue weighted by atomic mass is 32.2. The third-order valence-corrected chi connectivity index (χ3v) is 7.88. The van der Waals surface area contributed by atoms with Crippen LogP contribution < -0.4 is 5.32 Å². The molecule has 1 N–H and O–H groups in total. The second-order valence-corrected chi connectivity index (χ2v) is 10.2. The molecule has 1 aliphatic heterocycles. The largest absolute Gasteiger partial charge is 0.355 e. The molecule has 3 aromatic rings. The molecule has 0 unspecified atom stereocenters. The first kappa shape index (κ1) is 22.5. The molecular formula is C25H29N3O3S. The molecule has 3 aromatic carbocycles. The van der Waals surface area contributed by atoms with Crippen molar-refractivity contribution in [3.63, 3.8) is 0 Å². The number of piperazine rings is 1. The molecule has 7 heteroatoms. The molecule has 0 saturated carbocycles. The number of aryl methyl sites for hydroxylation is 1. The predicted octanol–water partition coefficient (Wildman–Crippen LogP) is 2.81. The number of hydrogen-bond donors (Lipinski definition) is 1. The number of nitrogens with one attached hydrogen (secondary N) is 1. The summed E-state index contributed by atoms with van der Waals surface area (Å²) in [4.78, 5) is 15.0. The average molecular weight is 452 g/mol. The maximum absolute atomic E-state index is 12.8. The molecule has 4 rings (SSSR count). The molecule has 0 atom stereocenters. The molecule has 1 fully saturated rings. The molecular weight excluding hydrogens is 422 g/mol. The lowest BCUT2D eigenvalue weighted by Gasteiger charge is -2.34. The van der Waals surface area contributed by atoms with Crippen LogP contribution in [-0.4, -0.2) is 62.8 Å². The molecule has 1 amide bonds. The van der Waals surface area contributed by atoms with Crippen LogP contribution in [0.3, 0.4) is 0 Å². The zero-order valence-electron chi connectivity index (χ0n) is 18.3. The van der Waals surface area contributed by atoms with Crippen LogP contribution in [0.2, 0.25) is 0 Å². The van der Waals surface area contributed by atoms with E-state index < -0.39 is 10.0 Å². The standard InChI is InChI=1S/C25H29N3O3S/c1-20-9-11-23(12-10-20)32(30,31)28-17-15-27(16-18-28)14-13-26-25(29)19-22-7-4-6-21-5-2-3-8-24(21)22/h2-12H,13-19H2,1H3,(H,26,29). The minimum Gasteiger partial charge on any atom is -0.355 e. The van der Waals surface area contributed by atoms with Gasteiger partial charge in [0.2, 0.25) is 15.9 Å². The van der Waals surface area contributed by atoms with Crippen LogP contribution in [0.5, 0.6) is 0 Å². The highest BCUT2D eigenvalue weighted by Crippen LogP contribution is 2.19. The lowest BCUT2D eigenvalue weighted by molar-refractivity contribution is -0.120. The molecule has 1 saturated heterocycles. The van der Waals surface area contributed by atoms with Crippen LogP contribution in [0.25, 0.3) is 10.8 Å². The first-order chi connectivity index (χ1) is 15.4. The second-order valence-electron chi connectivity index (χ2n) is 8.22. The zero-order valence-corrected chi connectivity index (χ0v) is 19.1. The lowest BCUT2D eigenvalue weighted by atomic mass is 10.0. The molecule has 1 aliphatic rings. The Morgan fingerprint density at radius 2 is 1.59 bits per heavy atom. The summed E-state index contributed by atoms with van der Waals surface area (Å²) in [6.45, 7) is 5.43. The molecule has 32 heavy (non-hydrogen) atoms. The SMILES string of the molecule is Cc1ccc(S(=O)(=O)N2CCN(CCNC(=O)Cc3cccc4ccccc34)CC2)cc1. The summed E-state index contributed by atoms with van der Waals surface area (Å²) in [5, 5.41) is 5.25. The minimum absolute atomic E-state index is 0.00179. The Morgan fingerprint density at radius 3 is 2.34 bits per heavy atom. The Morgan fingerprint density at radius 1 is 0.906 bits per heavy atom. The van der Waals surface area contributed by atoms with E-state index >= 15 is 0 Å². The maximum atomic E-state index is 12.8. The summed E-state index contributed by atoms with van der Waals surface area (Å²) in [6, 6.07) is 21.1. The number of nitrogens with zero attached hydrogens (tertiary/aromatic N) is 2. The number of benzene rings is 3. The Labute approximate surface area is 189 Å². The van der Waals surface area contributed by atoms with Gasteiger partial charge < -0.3 is 5.32 Å². The summed E-state index contributed by atoms with van der Waals surface area (Å²) >= 11 is 0. The molecule has 0 bridgehead atoms. The molecule has 0 aromatic heterocycles. The van der Waals surface area contributed by atoms with Crippen molar-refractivity contribution >= 4 is 26.7 Å². The fraction of sp³-hybridized carbons (Fsp3) is 0.320. The van der Waals surface area contributed by atoms with Gasteiger partial charge in [-0.25, -0.2) is 8.42 Å². The number of carbonyl (C=O) groups excluding carboxylic acids is 1. The van der Waals surface area contributed by atoms with E-state index in [-0.39, 0.29) is 5.91 Å². The van der Waals surface area contributed by atoms with Gasteiger partial charge in [-0.3, -0.25) is 9.69 Å². The average Bonchev–Trinajstić information content (AvgIpc) is 2.80. The van der Waals surface area contributed by atoms with Crippen LogP contribution in [0.15, 0.2) is 71.6 Å². The van der Waals surface area contributed by atoms with Gasteiger partial charge in [-0.1, -0.05) is 60.2 Å². The van der Waals surface area contributed by atoms with Gasteiger partial charge in [0.25, 0.3) is 0 Å². The summed E-state index contributed by atoms with van der Waals surface area (Å²) in [7, 11) is -3.45. The van der Waals surface area contributed by atoms with Crippen LogP contribution in [0.4, 0.5) is 0 Å². The van der Waals surface area contributed by atoms with Gasteiger partial charge in [0.05, 0.1) is 11.3 Å². The van der Waals surface area contributed by atoms with E-state index in [9.17, 15) is 13.2 Å². The summed E-state index contributed by atoms with van der Waals surface area (Å²) in [6.07, 6.45) is 0.351. The maximum Gasteiger partial charge on any atom is 0.243 e. The Hall–Kier alpha value is -2.74. The summed E-state index contributed by atoms with van der Waals surface area (Å²) in [5.41, 5.74) is 2.06. The summed E-state index contributed by atoms with van der Waals surface area (Å²) in [5.74, 6) is 0.00179. The number of hydrogen-bond acceptors (Lipinski definition) is 4. The van der Waals surface area contributed by atoms with Crippen molar-refractivity contribution in [1.82, 2.24) is 14.5 Å². The quantitative estimate of drug-likeness (QED) is 0.600. The van der Waals surface area contributed by atoms with Gasteiger partial charge in [0.15, 0.2) is 0 Å². The first-order valence-electron chi connectivity index (χ1n) is 11.0.